The van der Waals surface area contributed by atoms with Gasteiger partial charge in [0.05, 0.1) is 17.3 Å². The molecule has 0 atom stereocenters. The number of aryl methyl sites for hydroxylation is 1. The number of anilines is 2. The van der Waals surface area contributed by atoms with Crippen LogP contribution in [0.4, 0.5) is 20.2 Å². The lowest BCUT2D eigenvalue weighted by molar-refractivity contribution is 0.512. The van der Waals surface area contributed by atoms with Gasteiger partial charge in [0.15, 0.2) is 11.6 Å². The van der Waals surface area contributed by atoms with Crippen LogP contribution in [0.2, 0.25) is 0 Å². The van der Waals surface area contributed by atoms with Gasteiger partial charge in [0.25, 0.3) is 0 Å². The fraction of sp³-hybridized carbons (Fsp3) is 0.0714. The number of nitrogens with zero attached hydrogens (tertiary/aromatic N) is 1. The minimum Gasteiger partial charge on any atom is -0.353 e. The van der Waals surface area contributed by atoms with Gasteiger partial charge in [0, 0.05) is 5.69 Å². The summed E-state index contributed by atoms with van der Waals surface area (Å²) < 4.78 is 26.5. The van der Waals surface area contributed by atoms with Gasteiger partial charge in [0.1, 0.15) is 0 Å². The van der Waals surface area contributed by atoms with E-state index in [1.807, 2.05) is 6.07 Å². The number of nitriles is 1. The second-order valence-electron chi connectivity index (χ2n) is 3.87. The van der Waals surface area contributed by atoms with Crippen LogP contribution in [0.5, 0.6) is 0 Å². The molecule has 0 aliphatic carbocycles. The van der Waals surface area contributed by atoms with Crippen molar-refractivity contribution in [1.29, 1.82) is 5.26 Å². The van der Waals surface area contributed by atoms with Gasteiger partial charge in [-0.15, -0.1) is 0 Å². The van der Waals surface area contributed by atoms with Gasteiger partial charge in [-0.3, -0.25) is 0 Å². The number of rotatable bonds is 2. The van der Waals surface area contributed by atoms with Gasteiger partial charge in [-0.05, 0) is 42.8 Å². The number of hydrogen-bond acceptors (Lipinski definition) is 2. The monoisotopic (exact) mass is 244 g/mol. The lowest BCUT2D eigenvalue weighted by atomic mass is 10.1. The first kappa shape index (κ1) is 12.1. The van der Waals surface area contributed by atoms with E-state index >= 15 is 0 Å². The minimum absolute atomic E-state index is 0.0720. The molecule has 0 bridgehead atoms. The highest BCUT2D eigenvalue weighted by atomic mass is 19.2. The van der Waals surface area contributed by atoms with Crippen molar-refractivity contribution in [2.24, 2.45) is 0 Å². The Kier molecular flexibility index (Phi) is 3.24. The third kappa shape index (κ3) is 2.30. The predicted octanol–water partition coefficient (Wildman–Crippen LogP) is 3.89. The van der Waals surface area contributed by atoms with E-state index in [9.17, 15) is 8.78 Å². The van der Waals surface area contributed by atoms with Crippen molar-refractivity contribution in [2.75, 3.05) is 5.32 Å². The van der Waals surface area contributed by atoms with Gasteiger partial charge in [-0.1, -0.05) is 6.07 Å². The Morgan fingerprint density at radius 3 is 2.56 bits per heavy atom. The molecule has 2 nitrogen and oxygen atoms in total. The SMILES string of the molecule is Cc1cc(C#N)ccc1Nc1cccc(F)c1F. The van der Waals surface area contributed by atoms with Gasteiger partial charge in [-0.25, -0.2) is 8.78 Å². The maximum absolute atomic E-state index is 13.5. The first-order valence-electron chi connectivity index (χ1n) is 5.33. The Bertz CT molecular complexity index is 630. The molecule has 0 unspecified atom stereocenters. The van der Waals surface area contributed by atoms with Crippen LogP contribution in [0, 0.1) is 29.9 Å². The van der Waals surface area contributed by atoms with Gasteiger partial charge >= 0.3 is 0 Å². The fourth-order valence-electron chi connectivity index (χ4n) is 1.62. The first-order chi connectivity index (χ1) is 8.61. The molecule has 2 aromatic carbocycles. The van der Waals surface area contributed by atoms with Crippen LogP contribution in [0.25, 0.3) is 0 Å². The lowest BCUT2D eigenvalue weighted by Crippen LogP contribution is -1.98. The van der Waals surface area contributed by atoms with E-state index in [0.29, 0.717) is 11.3 Å². The average Bonchev–Trinajstić information content (AvgIpc) is 2.37. The van der Waals surface area contributed by atoms with Crippen LogP contribution in [0.1, 0.15) is 11.1 Å². The van der Waals surface area contributed by atoms with E-state index in [1.54, 1.807) is 25.1 Å². The van der Waals surface area contributed by atoms with Crippen molar-refractivity contribution >= 4 is 11.4 Å². The summed E-state index contributed by atoms with van der Waals surface area (Å²) in [6.07, 6.45) is 0. The highest BCUT2D eigenvalue weighted by molar-refractivity contribution is 5.64. The van der Waals surface area contributed by atoms with E-state index in [0.717, 1.165) is 11.6 Å². The molecule has 0 fully saturated rings. The Morgan fingerprint density at radius 1 is 1.11 bits per heavy atom. The highest BCUT2D eigenvalue weighted by Gasteiger charge is 2.08. The molecular weight excluding hydrogens is 234 g/mol. The van der Waals surface area contributed by atoms with Gasteiger partial charge in [0.2, 0.25) is 0 Å². The summed E-state index contributed by atoms with van der Waals surface area (Å²) in [6, 6.07) is 10.9. The summed E-state index contributed by atoms with van der Waals surface area (Å²) in [5.41, 5.74) is 2.02. The van der Waals surface area contributed by atoms with Crippen LogP contribution in [-0.4, -0.2) is 0 Å². The molecule has 0 aromatic heterocycles. The minimum atomic E-state index is -0.916. The molecule has 0 radical (unpaired) electrons. The first-order valence-corrected chi connectivity index (χ1v) is 5.33. The summed E-state index contributed by atoms with van der Waals surface area (Å²) in [5.74, 6) is -1.81. The van der Waals surface area contributed by atoms with Crippen LogP contribution in [0.3, 0.4) is 0 Å². The smallest absolute Gasteiger partial charge is 0.182 e. The Morgan fingerprint density at radius 2 is 1.89 bits per heavy atom. The lowest BCUT2D eigenvalue weighted by Gasteiger charge is -2.10. The summed E-state index contributed by atoms with van der Waals surface area (Å²) >= 11 is 0. The van der Waals surface area contributed by atoms with Gasteiger partial charge in [-0.2, -0.15) is 5.26 Å². The standard InChI is InChI=1S/C14H10F2N2/c1-9-7-10(8-17)5-6-12(9)18-13-4-2-3-11(15)14(13)16/h2-7,18H,1H3. The summed E-state index contributed by atoms with van der Waals surface area (Å²) in [5, 5.41) is 11.6. The predicted molar refractivity (Wildman–Crippen MR) is 65.5 cm³/mol. The molecule has 0 saturated heterocycles. The van der Waals surface area contributed by atoms with Crippen LogP contribution in [-0.2, 0) is 0 Å². The topological polar surface area (TPSA) is 35.8 Å². The normalized spacial score (nSPS) is 9.89. The largest absolute Gasteiger partial charge is 0.353 e. The summed E-state index contributed by atoms with van der Waals surface area (Å²) in [6.45, 7) is 1.79. The number of benzene rings is 2. The zero-order chi connectivity index (χ0) is 13.1. The van der Waals surface area contributed by atoms with Crippen molar-refractivity contribution in [3.05, 3.63) is 59.2 Å². The summed E-state index contributed by atoms with van der Waals surface area (Å²) in [4.78, 5) is 0. The molecule has 2 rings (SSSR count). The van der Waals surface area contributed by atoms with E-state index in [1.165, 1.54) is 12.1 Å². The van der Waals surface area contributed by atoms with E-state index < -0.39 is 11.6 Å². The maximum Gasteiger partial charge on any atom is 0.182 e. The molecule has 0 aliphatic heterocycles. The number of hydrogen-bond donors (Lipinski definition) is 1. The zero-order valence-electron chi connectivity index (χ0n) is 9.67. The Hall–Kier alpha value is -2.41. The molecule has 0 amide bonds. The van der Waals surface area contributed by atoms with E-state index in [4.69, 9.17) is 5.26 Å². The number of halogens is 2. The third-order valence-corrected chi connectivity index (χ3v) is 2.58. The van der Waals surface area contributed by atoms with Crippen LogP contribution in [0.15, 0.2) is 36.4 Å². The maximum atomic E-state index is 13.5. The molecule has 0 spiro atoms. The molecule has 0 heterocycles. The van der Waals surface area contributed by atoms with Crippen LogP contribution < -0.4 is 5.32 Å². The summed E-state index contributed by atoms with van der Waals surface area (Å²) in [7, 11) is 0. The second kappa shape index (κ2) is 4.84. The molecule has 4 heteroatoms. The molecular formula is C14H10F2N2. The second-order valence-corrected chi connectivity index (χ2v) is 3.87. The van der Waals surface area contributed by atoms with Crippen molar-refractivity contribution in [3.8, 4) is 6.07 Å². The Labute approximate surface area is 103 Å². The molecule has 0 saturated carbocycles. The van der Waals surface area contributed by atoms with Crippen molar-refractivity contribution in [1.82, 2.24) is 0 Å². The Balaban J connectivity index is 2.35. The molecule has 0 aliphatic rings. The quantitative estimate of drug-likeness (QED) is 0.869. The molecule has 1 N–H and O–H groups in total. The average molecular weight is 244 g/mol. The zero-order valence-corrected chi connectivity index (χ0v) is 9.67. The van der Waals surface area contributed by atoms with Crippen molar-refractivity contribution < 1.29 is 8.78 Å². The molecule has 2 aromatic rings. The van der Waals surface area contributed by atoms with Crippen molar-refractivity contribution in [2.45, 2.75) is 6.92 Å². The van der Waals surface area contributed by atoms with E-state index in [2.05, 4.69) is 5.32 Å². The van der Waals surface area contributed by atoms with Crippen molar-refractivity contribution in [3.63, 3.8) is 0 Å². The molecule has 90 valence electrons. The van der Waals surface area contributed by atoms with Crippen LogP contribution >= 0.6 is 0 Å². The number of nitrogens with one attached hydrogen (secondary N) is 1. The van der Waals surface area contributed by atoms with Gasteiger partial charge < -0.3 is 5.32 Å². The van der Waals surface area contributed by atoms with E-state index in [-0.39, 0.29) is 5.69 Å². The third-order valence-electron chi connectivity index (χ3n) is 2.58. The highest BCUT2D eigenvalue weighted by Crippen LogP contribution is 2.24. The fourth-order valence-corrected chi connectivity index (χ4v) is 1.62. The molecule has 18 heavy (non-hydrogen) atoms.